The van der Waals surface area contributed by atoms with Gasteiger partial charge in [0, 0.05) is 49.0 Å². The van der Waals surface area contributed by atoms with Crippen LogP contribution in [0.3, 0.4) is 0 Å². The average Bonchev–Trinajstić information content (AvgIpc) is 3.95. The van der Waals surface area contributed by atoms with Crippen molar-refractivity contribution in [2.24, 2.45) is 5.11 Å². The van der Waals surface area contributed by atoms with Crippen molar-refractivity contribution in [3.8, 4) is 56.2 Å². The highest BCUT2D eigenvalue weighted by atomic mass is 32.1. The number of benzene rings is 9. The maximum atomic E-state index is 5.44. The maximum Gasteiger partial charge on any atom is 0.252 e. The third-order valence-corrected chi connectivity index (χ3v) is 13.3. The second-order valence-electron chi connectivity index (χ2n) is 15.7. The molecule has 290 valence electrons. The highest BCUT2D eigenvalue weighted by Crippen LogP contribution is 2.50. The van der Waals surface area contributed by atoms with Gasteiger partial charge >= 0.3 is 0 Å². The molecule has 0 spiro atoms. The summed E-state index contributed by atoms with van der Waals surface area (Å²) in [6.45, 7) is 0. The first-order valence-electron chi connectivity index (χ1n) is 21.0. The number of fused-ring (bicyclic) bond motifs is 6. The van der Waals surface area contributed by atoms with Gasteiger partial charge in [0.2, 0.25) is 5.69 Å². The lowest BCUT2D eigenvalue weighted by atomic mass is 9.87. The molecule has 4 nitrogen and oxygen atoms in total. The van der Waals surface area contributed by atoms with Crippen molar-refractivity contribution in [3.05, 3.63) is 230 Å². The zero-order chi connectivity index (χ0) is 41.0. The number of rotatable bonds is 7. The van der Waals surface area contributed by atoms with Crippen molar-refractivity contribution >= 4 is 53.7 Å². The van der Waals surface area contributed by atoms with E-state index in [1.807, 2.05) is 29.5 Å². The first-order chi connectivity index (χ1) is 30.7. The van der Waals surface area contributed by atoms with E-state index in [1.54, 1.807) is 0 Å². The largest absolute Gasteiger partial charge is 0.252 e. The van der Waals surface area contributed by atoms with E-state index in [1.165, 1.54) is 53.2 Å². The normalized spacial score (nSPS) is 13.4. The lowest BCUT2D eigenvalue weighted by Crippen LogP contribution is -2.00. The second kappa shape index (κ2) is 15.0. The first-order valence-corrected chi connectivity index (χ1v) is 21.8. The van der Waals surface area contributed by atoms with E-state index in [-0.39, 0.29) is 6.04 Å². The number of nitrogens with zero attached hydrogens (tertiary/aromatic N) is 4. The first kappa shape index (κ1) is 36.0. The third kappa shape index (κ3) is 6.21. The molecule has 0 fully saturated rings. The van der Waals surface area contributed by atoms with Gasteiger partial charge in [0.1, 0.15) is 0 Å². The molecule has 0 amide bonds. The van der Waals surface area contributed by atoms with Gasteiger partial charge in [0.25, 0.3) is 5.69 Å². The van der Waals surface area contributed by atoms with Crippen molar-refractivity contribution in [2.75, 3.05) is 0 Å². The minimum atomic E-state index is -0.173. The maximum absolute atomic E-state index is 5.44. The molecule has 1 atom stereocenters. The number of para-hydroxylation sites is 1. The van der Waals surface area contributed by atoms with E-state index in [0.717, 1.165) is 50.6 Å². The Morgan fingerprint density at radius 3 is 1.69 bits per heavy atom. The average molecular weight is 810 g/mol. The van der Waals surface area contributed by atoms with Crippen molar-refractivity contribution in [2.45, 2.75) is 6.04 Å². The van der Waals surface area contributed by atoms with Gasteiger partial charge in [0.15, 0.2) is 11.9 Å². The summed E-state index contributed by atoms with van der Waals surface area (Å²) in [6.07, 6.45) is 0. The molecule has 0 aliphatic carbocycles. The van der Waals surface area contributed by atoms with E-state index in [0.29, 0.717) is 5.82 Å². The lowest BCUT2D eigenvalue weighted by Gasteiger charge is -2.14. The zero-order valence-electron chi connectivity index (χ0n) is 33.6. The molecule has 62 heavy (non-hydrogen) atoms. The predicted molar refractivity (Wildman–Crippen MR) is 258 cm³/mol. The fourth-order valence-electron chi connectivity index (χ4n) is 9.03. The van der Waals surface area contributed by atoms with E-state index in [2.05, 4.69) is 205 Å². The number of hydrogen-bond donors (Lipinski definition) is 0. The van der Waals surface area contributed by atoms with Crippen molar-refractivity contribution in [1.29, 1.82) is 0 Å². The summed E-state index contributed by atoms with van der Waals surface area (Å²) >= 11 is 1.86. The van der Waals surface area contributed by atoms with Gasteiger partial charge in [-0.15, -0.1) is 11.3 Å². The van der Waals surface area contributed by atoms with Crippen LogP contribution >= 0.6 is 11.3 Å². The Balaban J connectivity index is 0.958. The van der Waals surface area contributed by atoms with Crippen LogP contribution in [-0.4, -0.2) is 9.97 Å². The highest BCUT2D eigenvalue weighted by Gasteiger charge is 2.39. The van der Waals surface area contributed by atoms with E-state index in [9.17, 15) is 0 Å². The second-order valence-corrected chi connectivity index (χ2v) is 16.8. The topological polar surface area (TPSA) is 41.1 Å². The summed E-state index contributed by atoms with van der Waals surface area (Å²) in [5.41, 5.74) is 14.1. The van der Waals surface area contributed by atoms with Crippen LogP contribution in [0.4, 0.5) is 11.4 Å². The van der Waals surface area contributed by atoms with Crippen molar-refractivity contribution in [3.63, 3.8) is 0 Å². The standard InChI is InChI=1S/C57H37N4S/c1-4-15-41(16-5-1)54-53-49(35-43-19-10-11-22-45(43)55(53)61(60-54)44-20-8-3-9-21-44)38-29-33-40(34-30-38)51-36-50(58-57(59-51)42-17-6-2-7-18-42)39-31-27-37(28-32-39)46-24-14-25-48-47-23-12-13-26-52(47)62-56(46)48/h1-36,54H/q+1. The summed E-state index contributed by atoms with van der Waals surface area (Å²) in [5.74, 6) is 0.696. The molecule has 0 saturated heterocycles. The molecule has 1 aliphatic heterocycles. The van der Waals surface area contributed by atoms with Crippen LogP contribution < -0.4 is 4.70 Å². The molecule has 1 aliphatic rings. The smallest absolute Gasteiger partial charge is 0.228 e. The Hall–Kier alpha value is -7.86. The van der Waals surface area contributed by atoms with Crippen molar-refractivity contribution < 1.29 is 0 Å². The molecular formula is C57H37N4S+. The van der Waals surface area contributed by atoms with Crippen LogP contribution in [0.25, 0.3) is 87.1 Å². The lowest BCUT2D eigenvalue weighted by molar-refractivity contribution is 0.776. The van der Waals surface area contributed by atoms with Gasteiger partial charge in [-0.1, -0.05) is 182 Å². The molecule has 12 rings (SSSR count). The Morgan fingerprint density at radius 2 is 0.984 bits per heavy atom. The highest BCUT2D eigenvalue weighted by molar-refractivity contribution is 7.26. The predicted octanol–water partition coefficient (Wildman–Crippen LogP) is 15.7. The van der Waals surface area contributed by atoms with Crippen LogP contribution in [0.5, 0.6) is 0 Å². The summed E-state index contributed by atoms with van der Waals surface area (Å²) in [4.78, 5) is 10.3. The number of thiophene rings is 1. The molecule has 0 N–H and O–H groups in total. The molecule has 9 aromatic carbocycles. The fraction of sp³-hybridized carbons (Fsp3) is 0.0175. The van der Waals surface area contributed by atoms with Crippen molar-refractivity contribution in [1.82, 2.24) is 14.7 Å². The minimum absolute atomic E-state index is 0.173. The molecule has 3 heterocycles. The quantitative estimate of drug-likeness (QED) is 0.151. The zero-order valence-corrected chi connectivity index (χ0v) is 34.4. The number of hydrogen-bond acceptors (Lipinski definition) is 4. The van der Waals surface area contributed by atoms with Crippen LogP contribution in [0.2, 0.25) is 0 Å². The Labute approximate surface area is 363 Å². The Kier molecular flexibility index (Phi) is 8.72. The monoisotopic (exact) mass is 809 g/mol. The summed E-state index contributed by atoms with van der Waals surface area (Å²) < 4.78 is 4.77. The summed E-state index contributed by atoms with van der Waals surface area (Å²) in [7, 11) is 0. The van der Waals surface area contributed by atoms with E-state index < -0.39 is 0 Å². The van der Waals surface area contributed by atoms with Gasteiger partial charge in [-0.25, -0.2) is 9.97 Å². The van der Waals surface area contributed by atoms with E-state index >= 15 is 0 Å². The molecule has 1 unspecified atom stereocenters. The SMILES string of the molecule is c1ccc(-c2nc(-c3ccc(-c4cc5ccccc5c5c4C(c4ccccc4)N=[N+]5c4ccccc4)cc3)cc(-c3ccc(-c4cccc5c4sc4ccccc45)cc3)n2)cc1. The summed E-state index contributed by atoms with van der Waals surface area (Å²) in [5, 5.41) is 10.4. The van der Waals surface area contributed by atoms with Crippen LogP contribution in [0, 0.1) is 0 Å². The minimum Gasteiger partial charge on any atom is -0.228 e. The van der Waals surface area contributed by atoms with Gasteiger partial charge < -0.3 is 0 Å². The number of azo groups is 2. The molecular weight excluding hydrogens is 773 g/mol. The van der Waals surface area contributed by atoms with Crippen LogP contribution in [0.15, 0.2) is 224 Å². The van der Waals surface area contributed by atoms with Gasteiger partial charge in [-0.05, 0) is 67.3 Å². The molecule has 2 aromatic heterocycles. The molecule has 0 bridgehead atoms. The van der Waals surface area contributed by atoms with Gasteiger partial charge in [-0.2, -0.15) is 0 Å². The van der Waals surface area contributed by atoms with E-state index in [4.69, 9.17) is 15.1 Å². The molecule has 11 aromatic rings. The Morgan fingerprint density at radius 1 is 0.419 bits per heavy atom. The fourth-order valence-corrected chi connectivity index (χ4v) is 10.3. The molecule has 0 saturated carbocycles. The van der Waals surface area contributed by atoms with Crippen LogP contribution in [-0.2, 0) is 0 Å². The third-order valence-electron chi connectivity index (χ3n) is 12.0. The molecule has 0 radical (unpaired) electrons. The molecule has 5 heteroatoms. The summed E-state index contributed by atoms with van der Waals surface area (Å²) in [6, 6.07) is 77.4. The van der Waals surface area contributed by atoms with Crippen LogP contribution in [0.1, 0.15) is 17.2 Å². The van der Waals surface area contributed by atoms with Gasteiger partial charge in [-0.3, -0.25) is 0 Å². The van der Waals surface area contributed by atoms with Gasteiger partial charge in [0.05, 0.1) is 22.3 Å². The number of aromatic nitrogens is 2. The Bertz CT molecular complexity index is 3490.